The van der Waals surface area contributed by atoms with Gasteiger partial charge in [0, 0.05) is 67.7 Å². The molecule has 4 aromatic rings. The average Bonchev–Trinajstić information content (AvgIpc) is 3.80. The number of nitrogens with one attached hydrogen (secondary N) is 2. The molecule has 3 aliphatic rings. The number of aromatic amines is 1. The van der Waals surface area contributed by atoms with Gasteiger partial charge in [-0.2, -0.15) is 23.5 Å². The van der Waals surface area contributed by atoms with Crippen LogP contribution in [0.2, 0.25) is 0 Å². The molecule has 0 unspecified atom stereocenters. The Balaban J connectivity index is 0.972. The van der Waals surface area contributed by atoms with E-state index in [0.29, 0.717) is 38.0 Å². The standard InChI is InChI=1S/C31H34F3N9O2/c32-31(33,34)26-11-20(15-37-22-4-10-44-18-22)12-27(41-26)45-24-2-8-42(9-3-24)23-13-30(14-23,5-6-35)43-17-21(16-40-43)28-25-1-7-36-29(25)39-19-38-28/h1,7,11-12,16-17,19,22-24,37H,2-5,8-10,13-15,18H2,(H,36,38,39)/t22-,23-,30+/m0/s1. The number of hydrogen-bond acceptors (Lipinski definition) is 9. The summed E-state index contributed by atoms with van der Waals surface area (Å²) < 4.78 is 54.2. The SMILES string of the molecule is N#CC[C@]1(n2cc(-c3ncnc4[nH]ccc34)cn2)C[C@@H](N2CCC(Oc3cc(CN[C@H]4CCOC4)cc(C(F)(F)F)n3)CC2)C1. The van der Waals surface area contributed by atoms with Gasteiger partial charge >= 0.3 is 6.18 Å². The molecule has 7 rings (SSSR count). The zero-order valence-corrected chi connectivity index (χ0v) is 24.6. The van der Waals surface area contributed by atoms with Crippen LogP contribution in [0.25, 0.3) is 22.3 Å². The van der Waals surface area contributed by atoms with Crippen molar-refractivity contribution in [2.45, 2.75) is 75.0 Å². The lowest BCUT2D eigenvalue weighted by Gasteiger charge is -2.52. The van der Waals surface area contributed by atoms with Crippen LogP contribution in [0.1, 0.15) is 49.8 Å². The molecule has 6 heterocycles. The van der Waals surface area contributed by atoms with Crippen molar-refractivity contribution in [2.24, 2.45) is 0 Å². The van der Waals surface area contributed by atoms with Crippen LogP contribution in [0.5, 0.6) is 5.88 Å². The first-order valence-electron chi connectivity index (χ1n) is 15.3. The average molecular weight is 622 g/mol. The number of ether oxygens (including phenoxy) is 2. The number of aromatic nitrogens is 6. The van der Waals surface area contributed by atoms with E-state index in [4.69, 9.17) is 9.47 Å². The lowest BCUT2D eigenvalue weighted by atomic mass is 9.69. The Morgan fingerprint density at radius 2 is 2.02 bits per heavy atom. The van der Waals surface area contributed by atoms with E-state index in [-0.39, 0.29) is 30.6 Å². The van der Waals surface area contributed by atoms with E-state index in [2.05, 4.69) is 41.3 Å². The fourth-order valence-electron chi connectivity index (χ4n) is 6.80. The molecule has 1 atom stereocenters. The number of H-pyrrole nitrogens is 1. The summed E-state index contributed by atoms with van der Waals surface area (Å²) in [4.78, 5) is 18.0. The molecule has 236 valence electrons. The topological polar surface area (TPSA) is 130 Å². The van der Waals surface area contributed by atoms with E-state index in [1.807, 2.05) is 23.1 Å². The number of piperidine rings is 1. The van der Waals surface area contributed by atoms with Crippen LogP contribution in [-0.4, -0.2) is 79.1 Å². The van der Waals surface area contributed by atoms with Gasteiger partial charge in [0.2, 0.25) is 5.88 Å². The Morgan fingerprint density at radius 3 is 2.78 bits per heavy atom. The second kappa shape index (κ2) is 12.0. The maximum Gasteiger partial charge on any atom is 0.433 e. The molecule has 0 bridgehead atoms. The van der Waals surface area contributed by atoms with E-state index in [1.165, 1.54) is 6.33 Å². The van der Waals surface area contributed by atoms with Crippen molar-refractivity contribution >= 4 is 11.0 Å². The molecule has 2 aliphatic heterocycles. The molecule has 1 saturated carbocycles. The van der Waals surface area contributed by atoms with Crippen LogP contribution in [0.15, 0.2) is 43.1 Å². The van der Waals surface area contributed by atoms with E-state index in [1.54, 1.807) is 12.3 Å². The van der Waals surface area contributed by atoms with Gasteiger partial charge in [-0.3, -0.25) is 9.58 Å². The largest absolute Gasteiger partial charge is 0.474 e. The molecule has 0 amide bonds. The third-order valence-corrected chi connectivity index (χ3v) is 9.29. The molecule has 45 heavy (non-hydrogen) atoms. The molecule has 2 saturated heterocycles. The van der Waals surface area contributed by atoms with Gasteiger partial charge in [-0.15, -0.1) is 0 Å². The molecular formula is C31H34F3N9O2. The number of rotatable bonds is 9. The quantitative estimate of drug-likeness (QED) is 0.279. The lowest BCUT2D eigenvalue weighted by molar-refractivity contribution is -0.141. The highest BCUT2D eigenvalue weighted by Gasteiger charge is 2.49. The molecule has 3 fully saturated rings. The Kier molecular flexibility index (Phi) is 7.93. The highest BCUT2D eigenvalue weighted by molar-refractivity contribution is 5.90. The van der Waals surface area contributed by atoms with Gasteiger partial charge in [0.15, 0.2) is 0 Å². The first-order valence-corrected chi connectivity index (χ1v) is 15.3. The van der Waals surface area contributed by atoms with Crippen molar-refractivity contribution in [3.8, 4) is 23.2 Å². The second-order valence-electron chi connectivity index (χ2n) is 12.2. The highest BCUT2D eigenvalue weighted by atomic mass is 19.4. The van der Waals surface area contributed by atoms with Crippen molar-refractivity contribution in [2.75, 3.05) is 26.3 Å². The zero-order valence-electron chi connectivity index (χ0n) is 24.6. The fourth-order valence-corrected chi connectivity index (χ4v) is 6.80. The first kappa shape index (κ1) is 29.6. The Labute approximate surface area is 257 Å². The van der Waals surface area contributed by atoms with Crippen molar-refractivity contribution in [1.82, 2.24) is 39.9 Å². The van der Waals surface area contributed by atoms with Crippen molar-refractivity contribution in [3.63, 3.8) is 0 Å². The summed E-state index contributed by atoms with van der Waals surface area (Å²) in [5.41, 5.74) is 1.56. The lowest BCUT2D eigenvalue weighted by Crippen LogP contribution is -2.58. The van der Waals surface area contributed by atoms with Crippen molar-refractivity contribution in [3.05, 3.63) is 54.4 Å². The normalized spacial score (nSPS) is 24.5. The predicted molar refractivity (Wildman–Crippen MR) is 157 cm³/mol. The number of likely N-dealkylation sites (tertiary alicyclic amines) is 1. The molecular weight excluding hydrogens is 587 g/mol. The van der Waals surface area contributed by atoms with Gasteiger partial charge in [-0.1, -0.05) is 0 Å². The molecule has 0 radical (unpaired) electrons. The van der Waals surface area contributed by atoms with E-state index in [9.17, 15) is 18.4 Å². The van der Waals surface area contributed by atoms with E-state index in [0.717, 1.165) is 60.7 Å². The Morgan fingerprint density at radius 1 is 1.18 bits per heavy atom. The first-order chi connectivity index (χ1) is 21.8. The minimum atomic E-state index is -4.56. The van der Waals surface area contributed by atoms with Gasteiger partial charge in [-0.05, 0) is 49.8 Å². The molecule has 4 aromatic heterocycles. The van der Waals surface area contributed by atoms with Gasteiger partial charge in [0.1, 0.15) is 23.8 Å². The summed E-state index contributed by atoms with van der Waals surface area (Å²) in [7, 11) is 0. The molecule has 2 N–H and O–H groups in total. The summed E-state index contributed by atoms with van der Waals surface area (Å²) in [5.74, 6) is 0.00881. The van der Waals surface area contributed by atoms with Crippen LogP contribution in [0, 0.1) is 11.3 Å². The summed E-state index contributed by atoms with van der Waals surface area (Å²) in [6.07, 6.45) is 6.43. The third kappa shape index (κ3) is 6.12. The molecule has 11 nitrogen and oxygen atoms in total. The summed E-state index contributed by atoms with van der Waals surface area (Å²) >= 11 is 0. The van der Waals surface area contributed by atoms with Crippen LogP contribution in [0.4, 0.5) is 13.2 Å². The van der Waals surface area contributed by atoms with Crippen LogP contribution >= 0.6 is 0 Å². The van der Waals surface area contributed by atoms with E-state index >= 15 is 0 Å². The summed E-state index contributed by atoms with van der Waals surface area (Å²) in [5, 5.41) is 18.5. The molecule has 0 aromatic carbocycles. The second-order valence-corrected chi connectivity index (χ2v) is 12.2. The number of alkyl halides is 3. The molecule has 14 heteroatoms. The number of nitriles is 1. The number of halogens is 3. The minimum Gasteiger partial charge on any atom is -0.474 e. The summed E-state index contributed by atoms with van der Waals surface area (Å²) in [6.45, 7) is 3.00. The van der Waals surface area contributed by atoms with Gasteiger partial charge in [0.25, 0.3) is 0 Å². The van der Waals surface area contributed by atoms with Crippen LogP contribution in [0.3, 0.4) is 0 Å². The maximum absolute atomic E-state index is 13.6. The Bertz CT molecular complexity index is 1680. The van der Waals surface area contributed by atoms with Crippen LogP contribution in [-0.2, 0) is 23.0 Å². The number of pyridine rings is 1. The number of nitrogens with zero attached hydrogens (tertiary/aromatic N) is 7. The van der Waals surface area contributed by atoms with Crippen molar-refractivity contribution < 1.29 is 22.6 Å². The predicted octanol–water partition coefficient (Wildman–Crippen LogP) is 4.43. The molecule has 1 aliphatic carbocycles. The van der Waals surface area contributed by atoms with Gasteiger partial charge < -0.3 is 19.8 Å². The Hall–Kier alpha value is -4.06. The summed E-state index contributed by atoms with van der Waals surface area (Å²) in [6, 6.07) is 7.39. The monoisotopic (exact) mass is 621 g/mol. The van der Waals surface area contributed by atoms with Crippen molar-refractivity contribution in [1.29, 1.82) is 5.26 Å². The van der Waals surface area contributed by atoms with Crippen LogP contribution < -0.4 is 10.1 Å². The third-order valence-electron chi connectivity index (χ3n) is 9.29. The minimum absolute atomic E-state index is 0.00881. The number of hydrogen-bond donors (Lipinski definition) is 2. The van der Waals surface area contributed by atoms with E-state index < -0.39 is 17.4 Å². The fraction of sp³-hybridized carbons (Fsp3) is 0.516. The zero-order chi connectivity index (χ0) is 31.0. The number of fused-ring (bicyclic) bond motifs is 1. The maximum atomic E-state index is 13.6. The highest BCUT2D eigenvalue weighted by Crippen LogP contribution is 2.45. The smallest absolute Gasteiger partial charge is 0.433 e. The molecule has 0 spiro atoms. The van der Waals surface area contributed by atoms with Gasteiger partial charge in [0.05, 0.1) is 36.5 Å². The van der Waals surface area contributed by atoms with Gasteiger partial charge in [-0.25, -0.2) is 15.0 Å².